The van der Waals surface area contributed by atoms with Gasteiger partial charge in [0.1, 0.15) is 18.9 Å². The third-order valence-corrected chi connectivity index (χ3v) is 4.54. The van der Waals surface area contributed by atoms with Crippen LogP contribution in [0.25, 0.3) is 11.1 Å². The second-order valence-electron chi connectivity index (χ2n) is 6.68. The molecule has 2 N–H and O–H groups in total. The summed E-state index contributed by atoms with van der Waals surface area (Å²) in [6.45, 7) is 4.98. The van der Waals surface area contributed by atoms with Gasteiger partial charge in [0.05, 0.1) is 5.76 Å². The maximum Gasteiger partial charge on any atom is 0.412 e. The van der Waals surface area contributed by atoms with Crippen LogP contribution in [0.2, 0.25) is 0 Å². The molecule has 0 saturated heterocycles. The van der Waals surface area contributed by atoms with E-state index in [4.69, 9.17) is 9.47 Å². The topological polar surface area (TPSA) is 93.7 Å². The lowest BCUT2D eigenvalue weighted by Crippen LogP contribution is -2.45. The average Bonchev–Trinajstić information content (AvgIpc) is 3.03. The molecule has 0 radical (unpaired) electrons. The number of fused-ring (bicyclic) bond motifs is 3. The van der Waals surface area contributed by atoms with Gasteiger partial charge in [-0.2, -0.15) is 0 Å². The van der Waals surface area contributed by atoms with E-state index in [1.807, 2.05) is 36.4 Å². The van der Waals surface area contributed by atoms with Crippen LogP contribution >= 0.6 is 0 Å². The van der Waals surface area contributed by atoms with Crippen LogP contribution in [0.4, 0.5) is 9.59 Å². The van der Waals surface area contributed by atoms with Crippen molar-refractivity contribution >= 4 is 18.5 Å². The van der Waals surface area contributed by atoms with Crippen molar-refractivity contribution in [1.82, 2.24) is 10.6 Å². The maximum absolute atomic E-state index is 12.1. The highest BCUT2D eigenvalue weighted by molar-refractivity contribution is 5.79. The number of rotatable bonds is 7. The summed E-state index contributed by atoms with van der Waals surface area (Å²) in [5.41, 5.74) is 4.49. The first-order chi connectivity index (χ1) is 14.0. The van der Waals surface area contributed by atoms with Gasteiger partial charge < -0.3 is 24.9 Å². The first kappa shape index (κ1) is 20.1. The molecule has 0 spiro atoms. The zero-order chi connectivity index (χ0) is 20.8. The van der Waals surface area contributed by atoms with Gasteiger partial charge in [0.15, 0.2) is 0 Å². The number of nitrogens with one attached hydrogen (secondary N) is 2. The van der Waals surface area contributed by atoms with Crippen LogP contribution in [-0.4, -0.2) is 37.7 Å². The standard InChI is InChI=1S/C22H22N2O5/c1-14(2)29-22(27)24-15(12-25)11-23-21(26)28-13-20-18-9-5-3-7-16(18)17-8-4-6-10-19(17)20/h3-10,12,15,20H,1,11,13H2,2H3,(H,23,26)(H,24,27)/t15-/m0/s1. The summed E-state index contributed by atoms with van der Waals surface area (Å²) < 4.78 is 10.1. The first-order valence-corrected chi connectivity index (χ1v) is 9.17. The van der Waals surface area contributed by atoms with Gasteiger partial charge in [-0.25, -0.2) is 9.59 Å². The van der Waals surface area contributed by atoms with E-state index in [0.717, 1.165) is 22.3 Å². The van der Waals surface area contributed by atoms with Gasteiger partial charge in [0, 0.05) is 12.5 Å². The van der Waals surface area contributed by atoms with Crippen molar-refractivity contribution in [2.24, 2.45) is 0 Å². The summed E-state index contributed by atoms with van der Waals surface area (Å²) in [6, 6.07) is 15.1. The van der Waals surface area contributed by atoms with Crippen molar-refractivity contribution in [3.05, 3.63) is 72.0 Å². The number of aldehydes is 1. The van der Waals surface area contributed by atoms with Crippen LogP contribution in [0, 0.1) is 0 Å². The Bertz CT molecular complexity index is 895. The van der Waals surface area contributed by atoms with Crippen LogP contribution in [0.5, 0.6) is 0 Å². The van der Waals surface area contributed by atoms with E-state index in [9.17, 15) is 14.4 Å². The minimum absolute atomic E-state index is 0.0568. The lowest BCUT2D eigenvalue weighted by atomic mass is 9.98. The number of allylic oxidation sites excluding steroid dienone is 1. The minimum Gasteiger partial charge on any atom is -0.449 e. The molecule has 7 heteroatoms. The Morgan fingerprint density at radius 2 is 1.66 bits per heavy atom. The number of benzene rings is 2. The molecule has 1 aliphatic rings. The molecule has 3 rings (SSSR count). The zero-order valence-corrected chi connectivity index (χ0v) is 16.0. The number of amides is 2. The summed E-state index contributed by atoms with van der Waals surface area (Å²) in [6.07, 6.45) is -0.985. The number of carbonyl (C=O) groups excluding carboxylic acids is 3. The van der Waals surface area contributed by atoms with Gasteiger partial charge >= 0.3 is 12.2 Å². The molecule has 0 saturated carbocycles. The van der Waals surface area contributed by atoms with E-state index in [1.54, 1.807) is 0 Å². The molecule has 2 aromatic rings. The van der Waals surface area contributed by atoms with Gasteiger partial charge in [-0.15, -0.1) is 0 Å². The molecule has 2 aromatic carbocycles. The van der Waals surface area contributed by atoms with Crippen LogP contribution in [0.1, 0.15) is 24.0 Å². The highest BCUT2D eigenvalue weighted by atomic mass is 16.6. The number of alkyl carbamates (subject to hydrolysis) is 2. The van der Waals surface area contributed by atoms with E-state index in [-0.39, 0.29) is 24.8 Å². The molecular weight excluding hydrogens is 372 g/mol. The van der Waals surface area contributed by atoms with Crippen molar-refractivity contribution in [2.75, 3.05) is 13.2 Å². The molecule has 0 heterocycles. The molecule has 0 bridgehead atoms. The molecule has 0 unspecified atom stereocenters. The van der Waals surface area contributed by atoms with Crippen LogP contribution in [0.3, 0.4) is 0 Å². The quantitative estimate of drug-likeness (QED) is 0.555. The van der Waals surface area contributed by atoms with Crippen LogP contribution in [-0.2, 0) is 14.3 Å². The van der Waals surface area contributed by atoms with Crippen molar-refractivity contribution in [2.45, 2.75) is 18.9 Å². The summed E-state index contributed by atoms with van der Waals surface area (Å²) >= 11 is 0. The average molecular weight is 394 g/mol. The zero-order valence-electron chi connectivity index (χ0n) is 16.0. The van der Waals surface area contributed by atoms with Crippen LogP contribution in [0.15, 0.2) is 60.9 Å². The highest BCUT2D eigenvalue weighted by Gasteiger charge is 2.29. The third kappa shape index (κ3) is 4.82. The molecule has 29 heavy (non-hydrogen) atoms. The summed E-state index contributed by atoms with van der Waals surface area (Å²) in [4.78, 5) is 34.7. The monoisotopic (exact) mass is 394 g/mol. The number of carbonyl (C=O) groups is 3. The SMILES string of the molecule is C=C(C)OC(=O)N[C@H](C=O)CNC(=O)OCC1c2ccccc2-c2ccccc21. The van der Waals surface area contributed by atoms with Gasteiger partial charge in [0.25, 0.3) is 0 Å². The largest absolute Gasteiger partial charge is 0.449 e. The number of ether oxygens (including phenoxy) is 2. The molecule has 7 nitrogen and oxygen atoms in total. The van der Waals surface area contributed by atoms with E-state index in [1.165, 1.54) is 6.92 Å². The second kappa shape index (κ2) is 9.05. The van der Waals surface area contributed by atoms with Gasteiger partial charge in [0.2, 0.25) is 0 Å². The fourth-order valence-electron chi connectivity index (χ4n) is 3.31. The smallest absolute Gasteiger partial charge is 0.412 e. The summed E-state index contributed by atoms with van der Waals surface area (Å²) in [5.74, 6) is 0.135. The Morgan fingerprint density at radius 1 is 1.07 bits per heavy atom. The minimum atomic E-state index is -0.942. The first-order valence-electron chi connectivity index (χ1n) is 9.17. The van der Waals surface area contributed by atoms with Gasteiger partial charge in [-0.1, -0.05) is 55.1 Å². The summed E-state index contributed by atoms with van der Waals surface area (Å²) in [7, 11) is 0. The fraction of sp³-hybridized carbons (Fsp3) is 0.227. The normalized spacial score (nSPS) is 12.9. The van der Waals surface area contributed by atoms with E-state index in [0.29, 0.717) is 6.29 Å². The number of hydrogen-bond donors (Lipinski definition) is 2. The van der Waals surface area contributed by atoms with E-state index >= 15 is 0 Å². The Labute approximate surface area is 168 Å². The molecule has 1 aliphatic carbocycles. The Balaban J connectivity index is 1.55. The summed E-state index contributed by atoms with van der Waals surface area (Å²) in [5, 5.41) is 4.80. The molecule has 0 aliphatic heterocycles. The third-order valence-electron chi connectivity index (χ3n) is 4.54. The molecular formula is C22H22N2O5. The lowest BCUT2D eigenvalue weighted by molar-refractivity contribution is -0.109. The second-order valence-corrected chi connectivity index (χ2v) is 6.68. The molecule has 0 aromatic heterocycles. The van der Waals surface area contributed by atoms with E-state index in [2.05, 4.69) is 29.3 Å². The highest BCUT2D eigenvalue weighted by Crippen LogP contribution is 2.44. The lowest BCUT2D eigenvalue weighted by Gasteiger charge is -2.16. The predicted octanol–water partition coefficient (Wildman–Crippen LogP) is 3.35. The van der Waals surface area contributed by atoms with Crippen LogP contribution < -0.4 is 10.6 Å². The van der Waals surface area contributed by atoms with E-state index < -0.39 is 18.2 Å². The maximum atomic E-state index is 12.1. The van der Waals surface area contributed by atoms with Crippen molar-refractivity contribution in [3.8, 4) is 11.1 Å². The van der Waals surface area contributed by atoms with Crippen molar-refractivity contribution in [3.63, 3.8) is 0 Å². The molecule has 0 fully saturated rings. The van der Waals surface area contributed by atoms with Gasteiger partial charge in [-0.05, 0) is 29.2 Å². The Morgan fingerprint density at radius 3 is 2.21 bits per heavy atom. The fourth-order valence-corrected chi connectivity index (χ4v) is 3.31. The predicted molar refractivity (Wildman–Crippen MR) is 107 cm³/mol. The van der Waals surface area contributed by atoms with Crippen molar-refractivity contribution in [1.29, 1.82) is 0 Å². The number of hydrogen-bond acceptors (Lipinski definition) is 5. The molecule has 2 amide bonds. The van der Waals surface area contributed by atoms with Gasteiger partial charge in [-0.3, -0.25) is 0 Å². The Kier molecular flexibility index (Phi) is 6.29. The molecule has 150 valence electrons. The Hall–Kier alpha value is -3.61. The van der Waals surface area contributed by atoms with Crippen molar-refractivity contribution < 1.29 is 23.9 Å². The molecule has 1 atom stereocenters.